The van der Waals surface area contributed by atoms with Crippen molar-refractivity contribution in [1.82, 2.24) is 5.32 Å². The van der Waals surface area contributed by atoms with Crippen molar-refractivity contribution in [3.8, 4) is 0 Å². The summed E-state index contributed by atoms with van der Waals surface area (Å²) in [6.45, 7) is 1.70. The van der Waals surface area contributed by atoms with E-state index >= 15 is 0 Å². The van der Waals surface area contributed by atoms with Crippen LogP contribution in [0.1, 0.15) is 37.7 Å². The van der Waals surface area contributed by atoms with Gasteiger partial charge in [-0.2, -0.15) is 0 Å². The highest BCUT2D eigenvalue weighted by atomic mass is 19.1. The molecule has 1 saturated carbocycles. The second kappa shape index (κ2) is 4.98. The van der Waals surface area contributed by atoms with Gasteiger partial charge in [0.1, 0.15) is 5.82 Å². The zero-order valence-corrected chi connectivity index (χ0v) is 10.6. The standard InChI is InChI=1S/C15H20FNO/c16-13-4-2-12(3-5-13)11-17-14-6-9-18-15(10-14)7-1-8-15/h2-5,14,17H,1,6-11H2. The molecule has 3 heteroatoms. The lowest BCUT2D eigenvalue weighted by molar-refractivity contribution is -0.135. The van der Waals surface area contributed by atoms with Gasteiger partial charge >= 0.3 is 0 Å². The van der Waals surface area contributed by atoms with Gasteiger partial charge < -0.3 is 10.1 Å². The molecular weight excluding hydrogens is 229 g/mol. The lowest BCUT2D eigenvalue weighted by Gasteiger charge is -2.47. The number of ether oxygens (including phenoxy) is 1. The van der Waals surface area contributed by atoms with Crippen molar-refractivity contribution in [2.75, 3.05) is 6.61 Å². The molecule has 1 atom stereocenters. The van der Waals surface area contributed by atoms with Crippen molar-refractivity contribution in [3.05, 3.63) is 35.6 Å². The summed E-state index contributed by atoms with van der Waals surface area (Å²) in [6.07, 6.45) is 5.98. The fourth-order valence-corrected chi connectivity index (χ4v) is 2.99. The van der Waals surface area contributed by atoms with Crippen molar-refractivity contribution >= 4 is 0 Å². The number of nitrogens with one attached hydrogen (secondary N) is 1. The van der Waals surface area contributed by atoms with Crippen LogP contribution in [0.15, 0.2) is 24.3 Å². The molecule has 0 bridgehead atoms. The predicted molar refractivity (Wildman–Crippen MR) is 68.8 cm³/mol. The van der Waals surface area contributed by atoms with Gasteiger partial charge in [-0.1, -0.05) is 12.1 Å². The number of rotatable bonds is 3. The lowest BCUT2D eigenvalue weighted by atomic mass is 9.74. The van der Waals surface area contributed by atoms with E-state index in [0.29, 0.717) is 6.04 Å². The molecule has 1 saturated heterocycles. The molecule has 1 aromatic carbocycles. The lowest BCUT2D eigenvalue weighted by Crippen LogP contribution is -2.50. The summed E-state index contributed by atoms with van der Waals surface area (Å²) in [5, 5.41) is 3.58. The van der Waals surface area contributed by atoms with Gasteiger partial charge in [0.25, 0.3) is 0 Å². The van der Waals surface area contributed by atoms with Gasteiger partial charge in [-0.25, -0.2) is 4.39 Å². The second-order valence-corrected chi connectivity index (χ2v) is 5.58. The molecule has 0 radical (unpaired) electrons. The van der Waals surface area contributed by atoms with Gasteiger partial charge in [0.2, 0.25) is 0 Å². The minimum absolute atomic E-state index is 0.168. The van der Waals surface area contributed by atoms with Crippen molar-refractivity contribution < 1.29 is 9.13 Å². The average Bonchev–Trinajstić information content (AvgIpc) is 2.37. The Morgan fingerprint density at radius 1 is 1.28 bits per heavy atom. The Kier molecular flexibility index (Phi) is 3.35. The first-order valence-electron chi connectivity index (χ1n) is 6.88. The van der Waals surface area contributed by atoms with Crippen LogP contribution < -0.4 is 5.32 Å². The van der Waals surface area contributed by atoms with Crippen molar-refractivity contribution in [3.63, 3.8) is 0 Å². The van der Waals surface area contributed by atoms with Crippen molar-refractivity contribution in [2.24, 2.45) is 0 Å². The van der Waals surface area contributed by atoms with Gasteiger partial charge in [-0.05, 0) is 49.8 Å². The molecule has 2 nitrogen and oxygen atoms in total. The quantitative estimate of drug-likeness (QED) is 0.889. The van der Waals surface area contributed by atoms with E-state index in [1.165, 1.54) is 31.4 Å². The minimum Gasteiger partial charge on any atom is -0.375 e. The van der Waals surface area contributed by atoms with Gasteiger partial charge in [0, 0.05) is 19.2 Å². The zero-order chi connectivity index (χ0) is 12.4. The Balaban J connectivity index is 1.52. The SMILES string of the molecule is Fc1ccc(CNC2CCOC3(CCC3)C2)cc1. The smallest absolute Gasteiger partial charge is 0.123 e. The van der Waals surface area contributed by atoms with Crippen molar-refractivity contribution in [2.45, 2.75) is 50.3 Å². The van der Waals surface area contributed by atoms with Crippen LogP contribution in [0.5, 0.6) is 0 Å². The molecule has 1 aromatic rings. The van der Waals surface area contributed by atoms with E-state index < -0.39 is 0 Å². The summed E-state index contributed by atoms with van der Waals surface area (Å²) in [5.74, 6) is -0.168. The van der Waals surface area contributed by atoms with Crippen LogP contribution >= 0.6 is 0 Å². The van der Waals surface area contributed by atoms with Crippen LogP contribution in [0.4, 0.5) is 4.39 Å². The first-order valence-corrected chi connectivity index (χ1v) is 6.88. The fraction of sp³-hybridized carbons (Fsp3) is 0.600. The minimum atomic E-state index is -0.168. The maximum atomic E-state index is 12.8. The van der Waals surface area contributed by atoms with Crippen LogP contribution in [0.25, 0.3) is 0 Å². The molecule has 1 aliphatic heterocycles. The first kappa shape index (κ1) is 12.1. The van der Waals surface area contributed by atoms with Gasteiger partial charge in [0.05, 0.1) is 5.60 Å². The van der Waals surface area contributed by atoms with Gasteiger partial charge in [-0.3, -0.25) is 0 Å². The van der Waals surface area contributed by atoms with E-state index in [2.05, 4.69) is 5.32 Å². The fourth-order valence-electron chi connectivity index (χ4n) is 2.99. The number of hydrogen-bond donors (Lipinski definition) is 1. The molecule has 18 heavy (non-hydrogen) atoms. The molecule has 0 amide bonds. The van der Waals surface area contributed by atoms with E-state index in [-0.39, 0.29) is 11.4 Å². The first-order chi connectivity index (χ1) is 8.76. The van der Waals surface area contributed by atoms with Crippen LogP contribution in [0.2, 0.25) is 0 Å². The molecule has 98 valence electrons. The van der Waals surface area contributed by atoms with Crippen LogP contribution in [-0.4, -0.2) is 18.2 Å². The molecule has 1 heterocycles. The van der Waals surface area contributed by atoms with E-state index in [0.717, 1.165) is 31.6 Å². The van der Waals surface area contributed by atoms with Gasteiger partial charge in [-0.15, -0.1) is 0 Å². The van der Waals surface area contributed by atoms with E-state index in [1.54, 1.807) is 0 Å². The molecule has 1 spiro atoms. The number of halogens is 1. The molecular formula is C15H20FNO. The van der Waals surface area contributed by atoms with E-state index in [9.17, 15) is 4.39 Å². The normalized spacial score (nSPS) is 25.9. The predicted octanol–water partition coefficient (Wildman–Crippen LogP) is 3.02. The third kappa shape index (κ3) is 2.57. The van der Waals surface area contributed by atoms with E-state index in [4.69, 9.17) is 4.74 Å². The van der Waals surface area contributed by atoms with Crippen LogP contribution in [0, 0.1) is 5.82 Å². The average molecular weight is 249 g/mol. The zero-order valence-electron chi connectivity index (χ0n) is 10.6. The largest absolute Gasteiger partial charge is 0.375 e. The highest BCUT2D eigenvalue weighted by Crippen LogP contribution is 2.42. The molecule has 1 unspecified atom stereocenters. The Morgan fingerprint density at radius 2 is 2.06 bits per heavy atom. The molecule has 3 rings (SSSR count). The summed E-state index contributed by atoms with van der Waals surface area (Å²) < 4.78 is 18.7. The highest BCUT2D eigenvalue weighted by molar-refractivity contribution is 5.16. The summed E-state index contributed by atoms with van der Waals surface area (Å²) >= 11 is 0. The summed E-state index contributed by atoms with van der Waals surface area (Å²) in [4.78, 5) is 0. The Labute approximate surface area is 108 Å². The topological polar surface area (TPSA) is 21.3 Å². The number of benzene rings is 1. The molecule has 2 aliphatic rings. The molecule has 0 aromatic heterocycles. The maximum Gasteiger partial charge on any atom is 0.123 e. The Morgan fingerprint density at radius 3 is 2.72 bits per heavy atom. The molecule has 1 N–H and O–H groups in total. The van der Waals surface area contributed by atoms with Gasteiger partial charge in [0.15, 0.2) is 0 Å². The third-order valence-electron chi connectivity index (χ3n) is 4.27. The maximum absolute atomic E-state index is 12.8. The van der Waals surface area contributed by atoms with Crippen LogP contribution in [0.3, 0.4) is 0 Å². The highest BCUT2D eigenvalue weighted by Gasteiger charge is 2.42. The van der Waals surface area contributed by atoms with E-state index in [1.807, 2.05) is 12.1 Å². The molecule has 2 fully saturated rings. The Hall–Kier alpha value is -0.930. The van der Waals surface area contributed by atoms with Crippen molar-refractivity contribution in [1.29, 1.82) is 0 Å². The monoisotopic (exact) mass is 249 g/mol. The summed E-state index contributed by atoms with van der Waals surface area (Å²) in [6, 6.07) is 7.29. The van der Waals surface area contributed by atoms with Crippen LogP contribution in [-0.2, 0) is 11.3 Å². The third-order valence-corrected chi connectivity index (χ3v) is 4.27. The summed E-state index contributed by atoms with van der Waals surface area (Å²) in [7, 11) is 0. The summed E-state index contributed by atoms with van der Waals surface area (Å²) in [5.41, 5.74) is 1.34. The Bertz CT molecular complexity index is 399. The number of hydrogen-bond acceptors (Lipinski definition) is 2. The second-order valence-electron chi connectivity index (χ2n) is 5.58. The molecule has 1 aliphatic carbocycles.